The summed E-state index contributed by atoms with van der Waals surface area (Å²) in [5.74, 6) is 1.34. The van der Waals surface area contributed by atoms with Crippen LogP contribution in [0.5, 0.6) is 0 Å². The van der Waals surface area contributed by atoms with E-state index < -0.39 is 0 Å². The van der Waals surface area contributed by atoms with Gasteiger partial charge in [0, 0.05) is 22.3 Å². The van der Waals surface area contributed by atoms with Gasteiger partial charge in [0.15, 0.2) is 11.6 Å². The Kier molecular flexibility index (Phi) is 6.49. The van der Waals surface area contributed by atoms with Crippen molar-refractivity contribution in [2.75, 3.05) is 0 Å². The Balaban J connectivity index is 1.83. The normalized spacial score (nSPS) is 13.2. The topological polar surface area (TPSA) is 34.1 Å². The van der Waals surface area contributed by atoms with Crippen molar-refractivity contribution >= 4 is 11.6 Å². The fraction of sp³-hybridized carbons (Fsp3) is 0.462. The third-order valence-corrected chi connectivity index (χ3v) is 5.64. The predicted molar refractivity (Wildman–Crippen MR) is 115 cm³/mol. The van der Waals surface area contributed by atoms with Gasteiger partial charge in [-0.05, 0) is 60.8 Å². The van der Waals surface area contributed by atoms with Crippen LogP contribution >= 0.6 is 0 Å². The molecule has 0 aromatic heterocycles. The number of benzene rings is 2. The first-order chi connectivity index (χ1) is 13.4. The SMILES string of the molecule is CC(C)CCCc1ccc2c(c1)C(=O)c1cc(CCCC(C)C)ccc1C2=O. The minimum Gasteiger partial charge on any atom is -0.289 e. The average molecular weight is 377 g/mol. The highest BCUT2D eigenvalue weighted by Crippen LogP contribution is 2.29. The zero-order chi connectivity index (χ0) is 20.3. The van der Waals surface area contributed by atoms with Gasteiger partial charge in [-0.3, -0.25) is 9.59 Å². The second-order valence-corrected chi connectivity index (χ2v) is 8.99. The Morgan fingerprint density at radius 2 is 1.00 bits per heavy atom. The van der Waals surface area contributed by atoms with Crippen molar-refractivity contribution in [3.05, 3.63) is 69.8 Å². The third kappa shape index (κ3) is 4.60. The summed E-state index contributed by atoms with van der Waals surface area (Å²) in [5, 5.41) is 0. The number of fused-ring (bicyclic) bond motifs is 2. The molecule has 0 saturated carbocycles. The summed E-state index contributed by atoms with van der Waals surface area (Å²) >= 11 is 0. The summed E-state index contributed by atoms with van der Waals surface area (Å²) in [6, 6.07) is 11.6. The highest BCUT2D eigenvalue weighted by molar-refractivity contribution is 6.28. The van der Waals surface area contributed by atoms with Crippen molar-refractivity contribution in [1.82, 2.24) is 0 Å². The van der Waals surface area contributed by atoms with E-state index in [4.69, 9.17) is 0 Å². The molecule has 0 heterocycles. The van der Waals surface area contributed by atoms with Crippen LogP contribution in [-0.4, -0.2) is 11.6 Å². The number of carbonyl (C=O) groups excluding carboxylic acids is 2. The van der Waals surface area contributed by atoms with E-state index in [0.717, 1.165) is 36.8 Å². The summed E-state index contributed by atoms with van der Waals surface area (Å²) < 4.78 is 0. The van der Waals surface area contributed by atoms with Gasteiger partial charge in [0.05, 0.1) is 0 Å². The standard InChI is InChI=1S/C26H32O2/c1-17(2)7-5-9-19-11-13-21-23(15-19)26(28)24-16-20(10-6-8-18(3)4)12-14-22(24)25(21)27/h11-18H,5-10H2,1-4H3. The summed E-state index contributed by atoms with van der Waals surface area (Å²) in [5.41, 5.74) is 4.57. The van der Waals surface area contributed by atoms with Crippen LogP contribution in [0.3, 0.4) is 0 Å². The molecule has 148 valence electrons. The van der Waals surface area contributed by atoms with Crippen molar-refractivity contribution in [1.29, 1.82) is 0 Å². The smallest absolute Gasteiger partial charge is 0.194 e. The Morgan fingerprint density at radius 1 is 0.607 bits per heavy atom. The minimum absolute atomic E-state index is 0.000944. The molecule has 0 fully saturated rings. The van der Waals surface area contributed by atoms with Crippen molar-refractivity contribution in [3.63, 3.8) is 0 Å². The lowest BCUT2D eigenvalue weighted by atomic mass is 9.82. The first-order valence-corrected chi connectivity index (χ1v) is 10.7. The molecule has 0 saturated heterocycles. The van der Waals surface area contributed by atoms with Gasteiger partial charge in [-0.1, -0.05) is 64.8 Å². The van der Waals surface area contributed by atoms with Crippen LogP contribution in [-0.2, 0) is 12.8 Å². The lowest BCUT2D eigenvalue weighted by Crippen LogP contribution is -2.21. The van der Waals surface area contributed by atoms with E-state index in [9.17, 15) is 9.59 Å². The molecule has 2 aromatic carbocycles. The van der Waals surface area contributed by atoms with Crippen LogP contribution in [0.4, 0.5) is 0 Å². The highest BCUT2D eigenvalue weighted by Gasteiger charge is 2.29. The Hall–Kier alpha value is -2.22. The second kappa shape index (κ2) is 8.86. The number of aryl methyl sites for hydroxylation is 2. The predicted octanol–water partition coefficient (Wildman–Crippen LogP) is 6.42. The van der Waals surface area contributed by atoms with Crippen molar-refractivity contribution in [3.8, 4) is 0 Å². The maximum Gasteiger partial charge on any atom is 0.194 e. The lowest BCUT2D eigenvalue weighted by Gasteiger charge is -2.19. The largest absolute Gasteiger partial charge is 0.289 e. The van der Waals surface area contributed by atoms with Crippen LogP contribution in [0, 0.1) is 11.8 Å². The molecule has 0 radical (unpaired) electrons. The van der Waals surface area contributed by atoms with Gasteiger partial charge in [0.2, 0.25) is 0 Å². The van der Waals surface area contributed by atoms with Crippen LogP contribution in [0.25, 0.3) is 0 Å². The highest BCUT2D eigenvalue weighted by atomic mass is 16.1. The van der Waals surface area contributed by atoms with Crippen molar-refractivity contribution < 1.29 is 9.59 Å². The lowest BCUT2D eigenvalue weighted by molar-refractivity contribution is 0.0979. The second-order valence-electron chi connectivity index (χ2n) is 8.99. The first-order valence-electron chi connectivity index (χ1n) is 10.7. The Labute approximate surface area is 169 Å². The number of carbonyl (C=O) groups is 2. The zero-order valence-electron chi connectivity index (χ0n) is 17.7. The minimum atomic E-state index is -0.0212. The number of hydrogen-bond acceptors (Lipinski definition) is 2. The van der Waals surface area contributed by atoms with Gasteiger partial charge in [0.25, 0.3) is 0 Å². The molecule has 28 heavy (non-hydrogen) atoms. The molecule has 2 aromatic rings. The van der Waals surface area contributed by atoms with E-state index in [1.807, 2.05) is 36.4 Å². The van der Waals surface area contributed by atoms with Crippen LogP contribution in [0.15, 0.2) is 36.4 Å². The monoisotopic (exact) mass is 376 g/mol. The third-order valence-electron chi connectivity index (χ3n) is 5.64. The molecule has 0 unspecified atom stereocenters. The van der Waals surface area contributed by atoms with E-state index in [-0.39, 0.29) is 11.6 Å². The summed E-state index contributed by atoms with van der Waals surface area (Å²) in [7, 11) is 0. The van der Waals surface area contributed by atoms with E-state index >= 15 is 0 Å². The molecule has 0 N–H and O–H groups in total. The molecule has 2 nitrogen and oxygen atoms in total. The van der Waals surface area contributed by atoms with E-state index in [0.29, 0.717) is 34.1 Å². The summed E-state index contributed by atoms with van der Waals surface area (Å²) in [4.78, 5) is 26.1. The zero-order valence-corrected chi connectivity index (χ0v) is 17.7. The van der Waals surface area contributed by atoms with Gasteiger partial charge in [-0.15, -0.1) is 0 Å². The van der Waals surface area contributed by atoms with Gasteiger partial charge in [-0.2, -0.15) is 0 Å². The van der Waals surface area contributed by atoms with Gasteiger partial charge in [-0.25, -0.2) is 0 Å². The van der Waals surface area contributed by atoms with E-state index in [1.165, 1.54) is 12.8 Å². The molecule has 0 spiro atoms. The van der Waals surface area contributed by atoms with Crippen LogP contribution in [0.2, 0.25) is 0 Å². The van der Waals surface area contributed by atoms with Gasteiger partial charge >= 0.3 is 0 Å². The van der Waals surface area contributed by atoms with Crippen LogP contribution in [0.1, 0.15) is 96.3 Å². The van der Waals surface area contributed by atoms with Crippen LogP contribution < -0.4 is 0 Å². The van der Waals surface area contributed by atoms with E-state index in [2.05, 4.69) is 27.7 Å². The molecule has 0 bridgehead atoms. The number of ketones is 2. The Morgan fingerprint density at radius 3 is 1.39 bits per heavy atom. The van der Waals surface area contributed by atoms with Crippen molar-refractivity contribution in [2.24, 2.45) is 11.8 Å². The van der Waals surface area contributed by atoms with E-state index in [1.54, 1.807) is 0 Å². The maximum atomic E-state index is 13.2. The Bertz CT molecular complexity index is 804. The number of rotatable bonds is 8. The fourth-order valence-electron chi connectivity index (χ4n) is 3.98. The molecular formula is C26H32O2. The molecule has 3 rings (SSSR count). The quantitative estimate of drug-likeness (QED) is 0.454. The maximum absolute atomic E-state index is 13.2. The molecule has 0 atom stereocenters. The summed E-state index contributed by atoms with van der Waals surface area (Å²) in [6.45, 7) is 8.91. The molecule has 1 aliphatic carbocycles. The summed E-state index contributed by atoms with van der Waals surface area (Å²) in [6.07, 6.45) is 6.47. The molecule has 0 aliphatic heterocycles. The molecule has 1 aliphatic rings. The van der Waals surface area contributed by atoms with Gasteiger partial charge < -0.3 is 0 Å². The van der Waals surface area contributed by atoms with Crippen molar-refractivity contribution in [2.45, 2.75) is 66.2 Å². The fourth-order valence-corrected chi connectivity index (χ4v) is 3.98. The average Bonchev–Trinajstić information content (AvgIpc) is 2.65. The first kappa shape index (κ1) is 20.5. The molecule has 2 heteroatoms. The number of hydrogen-bond donors (Lipinski definition) is 0. The van der Waals surface area contributed by atoms with Gasteiger partial charge in [0.1, 0.15) is 0 Å². The molecular weight excluding hydrogens is 344 g/mol. The molecule has 0 amide bonds.